The van der Waals surface area contributed by atoms with Crippen molar-refractivity contribution in [3.63, 3.8) is 0 Å². The Bertz CT molecular complexity index is 381. The monoisotopic (exact) mass is 224 g/mol. The van der Waals surface area contributed by atoms with E-state index in [4.69, 9.17) is 0 Å². The summed E-state index contributed by atoms with van der Waals surface area (Å²) in [7, 11) is 0. The highest BCUT2D eigenvalue weighted by atomic mass is 19.1. The van der Waals surface area contributed by atoms with E-state index in [2.05, 4.69) is 0 Å². The van der Waals surface area contributed by atoms with Crippen LogP contribution >= 0.6 is 0 Å². The lowest BCUT2D eigenvalue weighted by molar-refractivity contribution is -0.121. The van der Waals surface area contributed by atoms with E-state index in [1.54, 1.807) is 0 Å². The molecule has 1 nitrogen and oxygen atoms in total. The largest absolute Gasteiger partial charge is 0.300 e. The Morgan fingerprint density at radius 1 is 1.19 bits per heavy atom. The highest BCUT2D eigenvalue weighted by Crippen LogP contribution is 2.25. The minimum absolute atomic E-state index is 0.252. The summed E-state index contributed by atoms with van der Waals surface area (Å²) in [4.78, 5) is 11.2. The minimum Gasteiger partial charge on any atom is -0.300 e. The first-order chi connectivity index (χ1) is 7.63. The first kappa shape index (κ1) is 11.2. The van der Waals surface area contributed by atoms with Crippen LogP contribution in [0.2, 0.25) is 0 Å². The van der Waals surface area contributed by atoms with Gasteiger partial charge >= 0.3 is 0 Å². The second-order valence-electron chi connectivity index (χ2n) is 4.48. The number of Topliss-reactive ketones (excluding diaryl/α,β-unsaturated/α-hetero) is 1. The number of halogens is 2. The van der Waals surface area contributed by atoms with Crippen LogP contribution in [-0.2, 0) is 11.2 Å². The standard InChI is InChI=1S/C13H14F2O/c14-11-5-10(6-12(15)8-11)4-9-2-1-3-13(16)7-9/h5-6,8-9H,1-4,7H2. The molecule has 1 aromatic carbocycles. The normalized spacial score (nSPS) is 21.1. The topological polar surface area (TPSA) is 17.1 Å². The van der Waals surface area contributed by atoms with Crippen LogP contribution in [0.5, 0.6) is 0 Å². The summed E-state index contributed by atoms with van der Waals surface area (Å²) in [5, 5.41) is 0. The maximum Gasteiger partial charge on any atom is 0.133 e. The van der Waals surface area contributed by atoms with Gasteiger partial charge < -0.3 is 0 Å². The van der Waals surface area contributed by atoms with Crippen molar-refractivity contribution >= 4 is 5.78 Å². The molecule has 0 spiro atoms. The fourth-order valence-corrected chi connectivity index (χ4v) is 2.35. The molecule has 0 amide bonds. The Kier molecular flexibility index (Phi) is 3.32. The van der Waals surface area contributed by atoms with Gasteiger partial charge in [-0.15, -0.1) is 0 Å². The maximum atomic E-state index is 13.0. The summed E-state index contributed by atoms with van der Waals surface area (Å²) in [6.07, 6.45) is 3.69. The molecule has 1 saturated carbocycles. The summed E-state index contributed by atoms with van der Waals surface area (Å²) in [6.45, 7) is 0. The van der Waals surface area contributed by atoms with E-state index in [-0.39, 0.29) is 11.7 Å². The van der Waals surface area contributed by atoms with Gasteiger partial charge in [-0.05, 0) is 42.9 Å². The van der Waals surface area contributed by atoms with Gasteiger partial charge in [0, 0.05) is 18.9 Å². The van der Waals surface area contributed by atoms with Crippen molar-refractivity contribution in [3.05, 3.63) is 35.4 Å². The fraction of sp³-hybridized carbons (Fsp3) is 0.462. The molecule has 1 aromatic rings. The van der Waals surface area contributed by atoms with E-state index in [1.807, 2.05) is 0 Å². The molecule has 1 aliphatic rings. The highest BCUT2D eigenvalue weighted by Gasteiger charge is 2.19. The van der Waals surface area contributed by atoms with Crippen LogP contribution < -0.4 is 0 Å². The van der Waals surface area contributed by atoms with Gasteiger partial charge in [0.15, 0.2) is 0 Å². The summed E-state index contributed by atoms with van der Waals surface area (Å²) in [5.41, 5.74) is 0.650. The summed E-state index contributed by atoms with van der Waals surface area (Å²) in [5.74, 6) is -0.565. The first-order valence-electron chi connectivity index (χ1n) is 5.60. The van der Waals surface area contributed by atoms with Gasteiger partial charge in [-0.25, -0.2) is 8.78 Å². The van der Waals surface area contributed by atoms with Crippen LogP contribution in [0.4, 0.5) is 8.78 Å². The number of carbonyl (C=O) groups is 1. The number of hydrogen-bond donors (Lipinski definition) is 0. The van der Waals surface area contributed by atoms with Crippen LogP contribution in [0.15, 0.2) is 18.2 Å². The SMILES string of the molecule is O=C1CCCC(Cc2cc(F)cc(F)c2)C1. The lowest BCUT2D eigenvalue weighted by atomic mass is 9.84. The zero-order valence-electron chi connectivity index (χ0n) is 9.01. The van der Waals surface area contributed by atoms with Gasteiger partial charge in [0.1, 0.15) is 17.4 Å². The number of hydrogen-bond acceptors (Lipinski definition) is 1. The van der Waals surface area contributed by atoms with Crippen molar-refractivity contribution < 1.29 is 13.6 Å². The maximum absolute atomic E-state index is 13.0. The molecular weight excluding hydrogens is 210 g/mol. The third-order valence-electron chi connectivity index (χ3n) is 3.03. The third kappa shape index (κ3) is 2.87. The molecule has 0 radical (unpaired) electrons. The average molecular weight is 224 g/mol. The molecule has 0 saturated heterocycles. The number of carbonyl (C=O) groups excluding carboxylic acids is 1. The smallest absolute Gasteiger partial charge is 0.133 e. The van der Waals surface area contributed by atoms with Gasteiger partial charge in [0.05, 0.1) is 0 Å². The first-order valence-corrected chi connectivity index (χ1v) is 5.60. The summed E-state index contributed by atoms with van der Waals surface area (Å²) < 4.78 is 25.9. The minimum atomic E-state index is -0.544. The molecule has 0 aliphatic heterocycles. The van der Waals surface area contributed by atoms with Crippen molar-refractivity contribution in [2.45, 2.75) is 32.1 Å². The molecule has 1 fully saturated rings. The molecular formula is C13H14F2O. The lowest BCUT2D eigenvalue weighted by Gasteiger charge is -2.20. The Labute approximate surface area is 93.5 Å². The van der Waals surface area contributed by atoms with Gasteiger partial charge in [-0.2, -0.15) is 0 Å². The van der Waals surface area contributed by atoms with Gasteiger partial charge in [0.25, 0.3) is 0 Å². The van der Waals surface area contributed by atoms with E-state index in [9.17, 15) is 13.6 Å². The van der Waals surface area contributed by atoms with Crippen molar-refractivity contribution in [2.24, 2.45) is 5.92 Å². The Balaban J connectivity index is 2.05. The molecule has 16 heavy (non-hydrogen) atoms. The van der Waals surface area contributed by atoms with Crippen LogP contribution in [0.25, 0.3) is 0 Å². The number of benzene rings is 1. The molecule has 1 aliphatic carbocycles. The molecule has 1 unspecified atom stereocenters. The number of rotatable bonds is 2. The summed E-state index contributed by atoms with van der Waals surface area (Å²) >= 11 is 0. The van der Waals surface area contributed by atoms with Crippen molar-refractivity contribution in [2.75, 3.05) is 0 Å². The second-order valence-corrected chi connectivity index (χ2v) is 4.48. The van der Waals surface area contributed by atoms with Crippen LogP contribution in [0, 0.1) is 17.6 Å². The molecule has 0 heterocycles. The molecule has 0 aromatic heterocycles. The third-order valence-corrected chi connectivity index (χ3v) is 3.03. The Morgan fingerprint density at radius 3 is 2.50 bits per heavy atom. The van der Waals surface area contributed by atoms with Crippen LogP contribution in [0.1, 0.15) is 31.2 Å². The van der Waals surface area contributed by atoms with Gasteiger partial charge in [0.2, 0.25) is 0 Å². The molecule has 86 valence electrons. The molecule has 1 atom stereocenters. The second kappa shape index (κ2) is 4.73. The van der Waals surface area contributed by atoms with Crippen LogP contribution in [-0.4, -0.2) is 5.78 Å². The van der Waals surface area contributed by atoms with E-state index < -0.39 is 11.6 Å². The predicted molar refractivity (Wildman–Crippen MR) is 57.0 cm³/mol. The van der Waals surface area contributed by atoms with Crippen molar-refractivity contribution in [1.82, 2.24) is 0 Å². The molecule has 0 bridgehead atoms. The lowest BCUT2D eigenvalue weighted by Crippen LogP contribution is -2.17. The molecule has 3 heteroatoms. The average Bonchev–Trinajstić information content (AvgIpc) is 2.15. The zero-order valence-corrected chi connectivity index (χ0v) is 9.01. The Morgan fingerprint density at radius 2 is 1.88 bits per heavy atom. The Hall–Kier alpha value is -1.25. The van der Waals surface area contributed by atoms with E-state index in [0.717, 1.165) is 18.9 Å². The molecule has 2 rings (SSSR count). The van der Waals surface area contributed by atoms with Crippen molar-refractivity contribution in [1.29, 1.82) is 0 Å². The van der Waals surface area contributed by atoms with E-state index in [1.165, 1.54) is 12.1 Å². The highest BCUT2D eigenvalue weighted by molar-refractivity contribution is 5.79. The molecule has 0 N–H and O–H groups in total. The van der Waals surface area contributed by atoms with E-state index >= 15 is 0 Å². The van der Waals surface area contributed by atoms with Crippen LogP contribution in [0.3, 0.4) is 0 Å². The predicted octanol–water partition coefficient (Wildman–Crippen LogP) is 3.27. The van der Waals surface area contributed by atoms with Gasteiger partial charge in [-0.3, -0.25) is 4.79 Å². The zero-order chi connectivity index (χ0) is 11.5. The number of ketones is 1. The fourth-order valence-electron chi connectivity index (χ4n) is 2.35. The van der Waals surface area contributed by atoms with Gasteiger partial charge in [-0.1, -0.05) is 0 Å². The van der Waals surface area contributed by atoms with Crippen molar-refractivity contribution in [3.8, 4) is 0 Å². The van der Waals surface area contributed by atoms with E-state index in [0.29, 0.717) is 24.8 Å². The quantitative estimate of drug-likeness (QED) is 0.753. The summed E-state index contributed by atoms with van der Waals surface area (Å²) in [6, 6.07) is 3.57.